The van der Waals surface area contributed by atoms with Gasteiger partial charge < -0.3 is 19.5 Å². The summed E-state index contributed by atoms with van der Waals surface area (Å²) in [5.41, 5.74) is 2.05. The first kappa shape index (κ1) is 30.9. The lowest BCUT2D eigenvalue weighted by molar-refractivity contribution is -0.151. The van der Waals surface area contributed by atoms with E-state index in [4.69, 9.17) is 14.2 Å². The highest BCUT2D eigenvalue weighted by molar-refractivity contribution is 5.75. The molecule has 1 saturated carbocycles. The standard InChI is InChI=1S/C34H39F3N2O4/c1-4-41-34(40)32(43-26-11-7-23(8-12-26)21(2)3)15-22-5-9-25(10-6-22)42-14-13-38-33-27-18-39(19-28(27)33)20-29-30(36)16-24(35)17-31(29)37/h5-12,16-17,21,27-28,32-33,38H,4,13-15,18-20H2,1-3H3/t27-,28+,32-,33+/m0/s1. The Balaban J connectivity index is 1.04. The molecule has 4 atom stereocenters. The molecule has 9 heteroatoms. The maximum Gasteiger partial charge on any atom is 0.347 e. The zero-order valence-corrected chi connectivity index (χ0v) is 24.8. The summed E-state index contributed by atoms with van der Waals surface area (Å²) in [4.78, 5) is 14.6. The van der Waals surface area contributed by atoms with E-state index >= 15 is 0 Å². The van der Waals surface area contributed by atoms with E-state index in [0.29, 0.717) is 49.1 Å². The van der Waals surface area contributed by atoms with E-state index in [9.17, 15) is 18.0 Å². The molecule has 1 N–H and O–H groups in total. The van der Waals surface area contributed by atoms with Crippen LogP contribution in [0.5, 0.6) is 11.5 Å². The number of likely N-dealkylation sites (tertiary alicyclic amines) is 1. The van der Waals surface area contributed by atoms with Crippen LogP contribution in [-0.4, -0.2) is 55.9 Å². The maximum absolute atomic E-state index is 14.0. The predicted molar refractivity (Wildman–Crippen MR) is 158 cm³/mol. The van der Waals surface area contributed by atoms with E-state index in [1.165, 1.54) is 5.56 Å². The third kappa shape index (κ3) is 7.89. The smallest absolute Gasteiger partial charge is 0.347 e. The molecule has 1 saturated heterocycles. The second-order valence-corrected chi connectivity index (χ2v) is 11.6. The number of halogens is 3. The zero-order chi connectivity index (χ0) is 30.5. The molecular weight excluding hydrogens is 557 g/mol. The van der Waals surface area contributed by atoms with Gasteiger partial charge in [0.15, 0.2) is 6.10 Å². The summed E-state index contributed by atoms with van der Waals surface area (Å²) in [7, 11) is 0. The van der Waals surface area contributed by atoms with Crippen LogP contribution >= 0.6 is 0 Å². The molecule has 1 heterocycles. The second kappa shape index (κ2) is 13.8. The molecule has 0 spiro atoms. The van der Waals surface area contributed by atoms with Crippen molar-refractivity contribution in [1.82, 2.24) is 10.2 Å². The average Bonchev–Trinajstić information content (AvgIpc) is 3.42. The number of nitrogens with zero attached hydrogens (tertiary/aromatic N) is 1. The summed E-state index contributed by atoms with van der Waals surface area (Å²) >= 11 is 0. The van der Waals surface area contributed by atoms with Crippen molar-refractivity contribution in [1.29, 1.82) is 0 Å². The van der Waals surface area contributed by atoms with Crippen LogP contribution in [0.4, 0.5) is 13.2 Å². The molecule has 2 fully saturated rings. The van der Waals surface area contributed by atoms with Gasteiger partial charge >= 0.3 is 5.97 Å². The van der Waals surface area contributed by atoms with Gasteiger partial charge in [0.25, 0.3) is 0 Å². The topological polar surface area (TPSA) is 60.0 Å². The van der Waals surface area contributed by atoms with Crippen molar-refractivity contribution in [2.45, 2.75) is 51.8 Å². The van der Waals surface area contributed by atoms with E-state index in [0.717, 1.165) is 36.5 Å². The normalized spacial score (nSPS) is 20.1. The van der Waals surface area contributed by atoms with E-state index in [-0.39, 0.29) is 18.7 Å². The number of rotatable bonds is 14. The van der Waals surface area contributed by atoms with Gasteiger partial charge in [-0.15, -0.1) is 0 Å². The summed E-state index contributed by atoms with van der Waals surface area (Å²) in [5, 5.41) is 3.52. The minimum Gasteiger partial charge on any atom is -0.492 e. The summed E-state index contributed by atoms with van der Waals surface area (Å²) in [5.74, 6) is -0.331. The first-order chi connectivity index (χ1) is 20.7. The average molecular weight is 597 g/mol. The first-order valence-corrected chi connectivity index (χ1v) is 15.0. The van der Waals surface area contributed by atoms with Crippen LogP contribution in [0.2, 0.25) is 0 Å². The molecule has 2 aliphatic rings. The van der Waals surface area contributed by atoms with E-state index < -0.39 is 29.5 Å². The lowest BCUT2D eigenvalue weighted by Crippen LogP contribution is -2.33. The Hall–Kier alpha value is -3.56. The molecule has 3 aromatic carbocycles. The maximum atomic E-state index is 14.0. The predicted octanol–water partition coefficient (Wildman–Crippen LogP) is 5.88. The number of nitrogens with one attached hydrogen (secondary N) is 1. The SMILES string of the molecule is CCOC(=O)[C@H](Cc1ccc(OCCN[C@H]2[C@@H]3CN(Cc4c(F)cc(F)cc4F)C[C@@H]32)cc1)Oc1ccc(C(C)C)cc1. The van der Waals surface area contributed by atoms with E-state index in [1.54, 1.807) is 6.92 Å². The molecule has 1 aliphatic carbocycles. The van der Waals surface area contributed by atoms with Crippen LogP contribution in [0.1, 0.15) is 43.4 Å². The molecule has 0 bridgehead atoms. The lowest BCUT2D eigenvalue weighted by Gasteiger charge is -2.20. The van der Waals surface area contributed by atoms with Crippen molar-refractivity contribution < 1.29 is 32.2 Å². The number of fused-ring (bicyclic) bond motifs is 1. The molecule has 0 unspecified atom stereocenters. The summed E-state index contributed by atoms with van der Waals surface area (Å²) in [6, 6.07) is 17.2. The molecular formula is C34H39F3N2O4. The van der Waals surface area contributed by atoms with Crippen LogP contribution in [0.3, 0.4) is 0 Å². The Morgan fingerprint density at radius 2 is 1.58 bits per heavy atom. The number of hydrogen-bond acceptors (Lipinski definition) is 6. The van der Waals surface area contributed by atoms with Crippen molar-refractivity contribution in [3.8, 4) is 11.5 Å². The quantitative estimate of drug-likeness (QED) is 0.185. The number of piperidine rings is 1. The fourth-order valence-electron chi connectivity index (χ4n) is 5.83. The van der Waals surface area contributed by atoms with Crippen LogP contribution in [0.15, 0.2) is 60.7 Å². The minimum absolute atomic E-state index is 0.0769. The monoisotopic (exact) mass is 596 g/mol. The second-order valence-electron chi connectivity index (χ2n) is 11.6. The molecule has 230 valence electrons. The highest BCUT2D eigenvalue weighted by Crippen LogP contribution is 2.46. The largest absolute Gasteiger partial charge is 0.492 e. The van der Waals surface area contributed by atoms with Crippen molar-refractivity contribution >= 4 is 5.97 Å². The molecule has 3 aromatic rings. The van der Waals surface area contributed by atoms with Gasteiger partial charge in [0.05, 0.1) is 6.61 Å². The number of carbonyl (C=O) groups excluding carboxylic acids is 1. The lowest BCUT2D eigenvalue weighted by atomic mass is 10.0. The number of benzene rings is 3. The fraction of sp³-hybridized carbons (Fsp3) is 0.441. The molecule has 6 nitrogen and oxygen atoms in total. The van der Waals surface area contributed by atoms with E-state index in [2.05, 4.69) is 19.2 Å². The zero-order valence-electron chi connectivity index (χ0n) is 24.8. The molecule has 43 heavy (non-hydrogen) atoms. The van der Waals surface area contributed by atoms with Crippen molar-refractivity contribution in [3.63, 3.8) is 0 Å². The Morgan fingerprint density at radius 3 is 2.19 bits per heavy atom. The first-order valence-electron chi connectivity index (χ1n) is 15.0. The van der Waals surface area contributed by atoms with Crippen LogP contribution in [-0.2, 0) is 22.5 Å². The Labute approximate surface area is 251 Å². The van der Waals surface area contributed by atoms with Gasteiger partial charge in [0, 0.05) is 56.3 Å². The van der Waals surface area contributed by atoms with Gasteiger partial charge in [0.1, 0.15) is 35.6 Å². The van der Waals surface area contributed by atoms with Crippen LogP contribution < -0.4 is 14.8 Å². The van der Waals surface area contributed by atoms with Crippen LogP contribution in [0, 0.1) is 29.3 Å². The van der Waals surface area contributed by atoms with Gasteiger partial charge in [0.2, 0.25) is 0 Å². The minimum atomic E-state index is -0.901. The van der Waals surface area contributed by atoms with Gasteiger partial charge in [-0.1, -0.05) is 38.1 Å². The highest BCUT2D eigenvalue weighted by Gasteiger charge is 2.55. The van der Waals surface area contributed by atoms with Crippen LogP contribution in [0.25, 0.3) is 0 Å². The molecule has 5 rings (SSSR count). The molecule has 0 radical (unpaired) electrons. The van der Waals surface area contributed by atoms with Gasteiger partial charge in [-0.2, -0.15) is 0 Å². The molecule has 1 aliphatic heterocycles. The van der Waals surface area contributed by atoms with E-state index in [1.807, 2.05) is 53.4 Å². The molecule has 0 aromatic heterocycles. The highest BCUT2D eigenvalue weighted by atomic mass is 19.1. The summed E-state index contributed by atoms with van der Waals surface area (Å²) < 4.78 is 58.3. The van der Waals surface area contributed by atoms with Gasteiger partial charge in [-0.05, 0) is 60.1 Å². The third-order valence-electron chi connectivity index (χ3n) is 8.23. The molecule has 0 amide bonds. The summed E-state index contributed by atoms with van der Waals surface area (Å²) in [6.07, 6.45) is -0.391. The number of carbonyl (C=O) groups is 1. The number of hydrogen-bond donors (Lipinski definition) is 1. The van der Waals surface area contributed by atoms with Crippen molar-refractivity contribution in [3.05, 3.63) is 94.8 Å². The van der Waals surface area contributed by atoms with Crippen molar-refractivity contribution in [2.75, 3.05) is 32.8 Å². The number of esters is 1. The third-order valence-corrected chi connectivity index (χ3v) is 8.23. The summed E-state index contributed by atoms with van der Waals surface area (Å²) in [6.45, 7) is 9.13. The Morgan fingerprint density at radius 1 is 0.953 bits per heavy atom. The Bertz CT molecular complexity index is 1350. The fourth-order valence-corrected chi connectivity index (χ4v) is 5.83. The Kier molecular flexibility index (Phi) is 9.93. The van der Waals surface area contributed by atoms with Crippen molar-refractivity contribution in [2.24, 2.45) is 11.8 Å². The van der Waals surface area contributed by atoms with Gasteiger partial charge in [-0.25, -0.2) is 18.0 Å². The number of ether oxygens (including phenoxy) is 3. The van der Waals surface area contributed by atoms with Gasteiger partial charge in [-0.3, -0.25) is 4.90 Å².